The number of rotatable bonds is 7. The molecule has 1 aromatic carbocycles. The van der Waals surface area contributed by atoms with E-state index in [9.17, 15) is 10.0 Å². The molecule has 0 radical (unpaired) electrons. The monoisotopic (exact) mass is 289 g/mol. The Morgan fingerprint density at radius 2 is 2.05 bits per heavy atom. The quantitative estimate of drug-likeness (QED) is 0.744. The molecule has 2 aromatic rings. The van der Waals surface area contributed by atoms with Crippen LogP contribution in [0.15, 0.2) is 41.0 Å². The van der Waals surface area contributed by atoms with Crippen molar-refractivity contribution in [3.05, 3.63) is 47.9 Å². The van der Waals surface area contributed by atoms with Crippen molar-refractivity contribution in [2.45, 2.75) is 20.0 Å². The van der Waals surface area contributed by atoms with Crippen molar-refractivity contribution in [3.63, 3.8) is 0 Å². The highest BCUT2D eigenvalue weighted by molar-refractivity contribution is 6.58. The molecule has 5 nitrogen and oxygen atoms in total. The number of furan rings is 1. The molecule has 1 aromatic heterocycles. The number of methoxy groups -OCH3 is 1. The van der Waals surface area contributed by atoms with E-state index in [0.29, 0.717) is 18.6 Å². The van der Waals surface area contributed by atoms with Gasteiger partial charge in [0.05, 0.1) is 19.9 Å². The van der Waals surface area contributed by atoms with E-state index in [1.54, 1.807) is 31.6 Å². The molecule has 0 spiro atoms. The Bertz CT molecular complexity index is 557. The third kappa shape index (κ3) is 4.11. The Kier molecular flexibility index (Phi) is 5.44. The van der Waals surface area contributed by atoms with Crippen LogP contribution in [0.25, 0.3) is 0 Å². The lowest BCUT2D eigenvalue weighted by atomic mass is 9.79. The first-order valence-electron chi connectivity index (χ1n) is 6.91. The normalized spacial score (nSPS) is 10.9. The van der Waals surface area contributed by atoms with Crippen LogP contribution in [0, 0.1) is 0 Å². The average Bonchev–Trinajstić information content (AvgIpc) is 2.99. The molecule has 0 amide bonds. The van der Waals surface area contributed by atoms with Crippen LogP contribution in [0.3, 0.4) is 0 Å². The van der Waals surface area contributed by atoms with E-state index >= 15 is 0 Å². The highest BCUT2D eigenvalue weighted by Crippen LogP contribution is 2.19. The van der Waals surface area contributed by atoms with E-state index in [4.69, 9.17) is 9.15 Å². The van der Waals surface area contributed by atoms with Gasteiger partial charge in [0.15, 0.2) is 0 Å². The molecular weight excluding hydrogens is 269 g/mol. The fourth-order valence-electron chi connectivity index (χ4n) is 2.23. The van der Waals surface area contributed by atoms with Crippen molar-refractivity contribution in [2.24, 2.45) is 0 Å². The maximum absolute atomic E-state index is 9.30. The molecule has 0 aliphatic heterocycles. The van der Waals surface area contributed by atoms with Gasteiger partial charge in [0.2, 0.25) is 0 Å². The lowest BCUT2D eigenvalue weighted by molar-refractivity contribution is 0.244. The van der Waals surface area contributed by atoms with Gasteiger partial charge in [-0.3, -0.25) is 4.90 Å². The Hall–Kier alpha value is -1.76. The predicted molar refractivity (Wildman–Crippen MR) is 81.3 cm³/mol. The maximum atomic E-state index is 9.30. The number of ether oxygens (including phenoxy) is 1. The third-order valence-electron chi connectivity index (χ3n) is 3.40. The van der Waals surface area contributed by atoms with Gasteiger partial charge < -0.3 is 19.2 Å². The van der Waals surface area contributed by atoms with Crippen molar-refractivity contribution in [1.82, 2.24) is 4.90 Å². The Morgan fingerprint density at radius 3 is 2.62 bits per heavy atom. The minimum absolute atomic E-state index is 0.458. The van der Waals surface area contributed by atoms with Crippen LogP contribution < -0.4 is 10.2 Å². The van der Waals surface area contributed by atoms with E-state index in [1.165, 1.54) is 0 Å². The lowest BCUT2D eigenvalue weighted by Crippen LogP contribution is -2.31. The summed E-state index contributed by atoms with van der Waals surface area (Å²) in [6.07, 6.45) is 1.66. The van der Waals surface area contributed by atoms with Gasteiger partial charge in [-0.1, -0.05) is 19.1 Å². The highest BCUT2D eigenvalue weighted by Gasteiger charge is 2.16. The summed E-state index contributed by atoms with van der Waals surface area (Å²) in [7, 11) is 0.131. The standard InChI is InChI=1S/C15H20BNO4/c1-3-17(11-14-5-4-8-21-14)10-12-9-13(16(18)19)6-7-15(12)20-2/h4-9,18-19H,3,10-11H2,1-2H3. The molecule has 6 heteroatoms. The maximum Gasteiger partial charge on any atom is 0.488 e. The van der Waals surface area contributed by atoms with E-state index in [2.05, 4.69) is 11.8 Å². The number of benzene rings is 1. The predicted octanol–water partition coefficient (Wildman–Crippen LogP) is 0.990. The molecule has 0 fully saturated rings. The summed E-state index contributed by atoms with van der Waals surface area (Å²) >= 11 is 0. The van der Waals surface area contributed by atoms with E-state index in [0.717, 1.165) is 23.6 Å². The Labute approximate surface area is 124 Å². The second-order valence-corrected chi connectivity index (χ2v) is 4.83. The summed E-state index contributed by atoms with van der Waals surface area (Å²) in [5, 5.41) is 18.6. The molecule has 2 rings (SSSR count). The molecule has 0 bridgehead atoms. The second kappa shape index (κ2) is 7.31. The number of hydrogen-bond donors (Lipinski definition) is 2. The fraction of sp³-hybridized carbons (Fsp3) is 0.333. The number of hydrogen-bond acceptors (Lipinski definition) is 5. The van der Waals surface area contributed by atoms with Crippen LogP contribution in [0.2, 0.25) is 0 Å². The van der Waals surface area contributed by atoms with Crippen molar-refractivity contribution in [1.29, 1.82) is 0 Å². The van der Waals surface area contributed by atoms with Crippen molar-refractivity contribution in [3.8, 4) is 5.75 Å². The molecule has 0 saturated carbocycles. The lowest BCUT2D eigenvalue weighted by Gasteiger charge is -2.21. The zero-order valence-corrected chi connectivity index (χ0v) is 12.3. The zero-order chi connectivity index (χ0) is 15.2. The molecule has 21 heavy (non-hydrogen) atoms. The van der Waals surface area contributed by atoms with Crippen LogP contribution in [0.5, 0.6) is 5.75 Å². The summed E-state index contributed by atoms with van der Waals surface area (Å²) in [6.45, 7) is 4.25. The minimum atomic E-state index is -1.48. The van der Waals surface area contributed by atoms with E-state index in [1.807, 2.05) is 12.1 Å². The summed E-state index contributed by atoms with van der Waals surface area (Å²) in [5.41, 5.74) is 1.37. The summed E-state index contributed by atoms with van der Waals surface area (Å²) in [6, 6.07) is 8.97. The first-order chi connectivity index (χ1) is 10.1. The van der Waals surface area contributed by atoms with Crippen molar-refractivity contribution < 1.29 is 19.2 Å². The van der Waals surface area contributed by atoms with Crippen LogP contribution in [0.1, 0.15) is 18.2 Å². The van der Waals surface area contributed by atoms with Crippen LogP contribution >= 0.6 is 0 Å². The number of nitrogens with zero attached hydrogens (tertiary/aromatic N) is 1. The summed E-state index contributed by atoms with van der Waals surface area (Å²) in [4.78, 5) is 2.18. The third-order valence-corrected chi connectivity index (χ3v) is 3.40. The summed E-state index contributed by atoms with van der Waals surface area (Å²) < 4.78 is 10.7. The SMILES string of the molecule is CCN(Cc1ccco1)Cc1cc(B(O)O)ccc1OC. The van der Waals surface area contributed by atoms with Crippen LogP contribution in [-0.4, -0.2) is 35.7 Å². The molecule has 0 aliphatic rings. The van der Waals surface area contributed by atoms with Gasteiger partial charge in [0.1, 0.15) is 11.5 Å². The van der Waals surface area contributed by atoms with E-state index < -0.39 is 7.12 Å². The molecular formula is C15H20BNO4. The highest BCUT2D eigenvalue weighted by atomic mass is 16.5. The second-order valence-electron chi connectivity index (χ2n) is 4.83. The topological polar surface area (TPSA) is 66.1 Å². The van der Waals surface area contributed by atoms with Gasteiger partial charge in [-0.15, -0.1) is 0 Å². The molecule has 1 heterocycles. The minimum Gasteiger partial charge on any atom is -0.496 e. The molecule has 0 saturated heterocycles. The first kappa shape index (κ1) is 15.6. The van der Waals surface area contributed by atoms with Gasteiger partial charge in [-0.05, 0) is 30.2 Å². The van der Waals surface area contributed by atoms with Crippen LogP contribution in [0.4, 0.5) is 0 Å². The molecule has 112 valence electrons. The van der Waals surface area contributed by atoms with Crippen molar-refractivity contribution >= 4 is 12.6 Å². The Balaban J connectivity index is 2.17. The van der Waals surface area contributed by atoms with Gasteiger partial charge in [-0.25, -0.2) is 0 Å². The van der Waals surface area contributed by atoms with E-state index in [-0.39, 0.29) is 0 Å². The fourth-order valence-corrected chi connectivity index (χ4v) is 2.23. The Morgan fingerprint density at radius 1 is 1.24 bits per heavy atom. The van der Waals surface area contributed by atoms with Gasteiger partial charge >= 0.3 is 7.12 Å². The average molecular weight is 289 g/mol. The molecule has 0 unspecified atom stereocenters. The molecule has 0 atom stereocenters. The molecule has 2 N–H and O–H groups in total. The van der Waals surface area contributed by atoms with Crippen LogP contribution in [-0.2, 0) is 13.1 Å². The summed E-state index contributed by atoms with van der Waals surface area (Å²) in [5.74, 6) is 1.63. The zero-order valence-electron chi connectivity index (χ0n) is 12.3. The first-order valence-corrected chi connectivity index (χ1v) is 6.91. The largest absolute Gasteiger partial charge is 0.496 e. The van der Waals surface area contributed by atoms with Gasteiger partial charge in [0, 0.05) is 12.1 Å². The van der Waals surface area contributed by atoms with Crippen molar-refractivity contribution in [2.75, 3.05) is 13.7 Å². The smallest absolute Gasteiger partial charge is 0.488 e. The molecule has 0 aliphatic carbocycles. The van der Waals surface area contributed by atoms with Gasteiger partial charge in [-0.2, -0.15) is 0 Å². The van der Waals surface area contributed by atoms with Gasteiger partial charge in [0.25, 0.3) is 0 Å².